The van der Waals surface area contributed by atoms with Crippen molar-refractivity contribution in [3.63, 3.8) is 0 Å². The average molecular weight is 296 g/mol. The Hall–Kier alpha value is -0.610. The molecule has 1 aliphatic heterocycles. The summed E-state index contributed by atoms with van der Waals surface area (Å²) in [7, 11) is 0. The van der Waals surface area contributed by atoms with E-state index in [0.29, 0.717) is 11.5 Å². The van der Waals surface area contributed by atoms with Crippen LogP contribution in [0.15, 0.2) is 0 Å². The highest BCUT2D eigenvalue weighted by atomic mass is 16.4. The summed E-state index contributed by atoms with van der Waals surface area (Å²) >= 11 is 0. The van der Waals surface area contributed by atoms with Crippen LogP contribution in [0.3, 0.4) is 0 Å². The van der Waals surface area contributed by atoms with Gasteiger partial charge in [0.1, 0.15) is 5.54 Å². The number of hydrogen-bond donors (Lipinski definition) is 2. The molecule has 0 bridgehead atoms. The van der Waals surface area contributed by atoms with Crippen molar-refractivity contribution in [1.82, 2.24) is 10.2 Å². The van der Waals surface area contributed by atoms with E-state index >= 15 is 0 Å². The summed E-state index contributed by atoms with van der Waals surface area (Å²) in [5.41, 5.74) is -0.341. The van der Waals surface area contributed by atoms with E-state index in [-0.39, 0.29) is 0 Å². The highest BCUT2D eigenvalue weighted by molar-refractivity contribution is 5.79. The predicted octanol–water partition coefficient (Wildman–Crippen LogP) is 2.73. The average Bonchev–Trinajstić information content (AvgIpc) is 2.88. The molecular weight excluding hydrogens is 264 g/mol. The van der Waals surface area contributed by atoms with E-state index in [1.807, 2.05) is 6.92 Å². The van der Waals surface area contributed by atoms with E-state index in [0.717, 1.165) is 51.2 Å². The summed E-state index contributed by atoms with van der Waals surface area (Å²) in [4.78, 5) is 14.3. The second-order valence-corrected chi connectivity index (χ2v) is 8.01. The fraction of sp³-hybridized carbons (Fsp3) is 0.941. The van der Waals surface area contributed by atoms with Gasteiger partial charge in [-0.25, -0.2) is 0 Å². The Balaban J connectivity index is 2.03. The first-order valence-corrected chi connectivity index (χ1v) is 8.51. The molecule has 3 atom stereocenters. The Bertz CT molecular complexity index is 373. The maximum Gasteiger partial charge on any atom is 0.323 e. The molecule has 0 amide bonds. The van der Waals surface area contributed by atoms with Crippen LogP contribution in [0.5, 0.6) is 0 Å². The van der Waals surface area contributed by atoms with E-state index < -0.39 is 11.5 Å². The van der Waals surface area contributed by atoms with Gasteiger partial charge in [0.25, 0.3) is 0 Å². The van der Waals surface area contributed by atoms with Gasteiger partial charge in [0.05, 0.1) is 0 Å². The van der Waals surface area contributed by atoms with Crippen molar-refractivity contribution < 1.29 is 9.90 Å². The number of carboxylic acids is 1. The summed E-state index contributed by atoms with van der Waals surface area (Å²) in [6.45, 7) is 12.0. The van der Waals surface area contributed by atoms with Crippen molar-refractivity contribution in [1.29, 1.82) is 0 Å². The maximum absolute atomic E-state index is 11.8. The van der Waals surface area contributed by atoms with Gasteiger partial charge in [-0.15, -0.1) is 0 Å². The molecule has 0 radical (unpaired) electrons. The van der Waals surface area contributed by atoms with Crippen LogP contribution in [0.1, 0.15) is 59.8 Å². The first-order valence-electron chi connectivity index (χ1n) is 8.51. The number of likely N-dealkylation sites (N-methyl/N-ethyl adjacent to an activating group) is 1. The molecule has 2 rings (SSSR count). The molecule has 1 saturated heterocycles. The zero-order valence-electron chi connectivity index (χ0n) is 14.1. The number of nitrogens with one attached hydrogen (secondary N) is 1. The number of carbonyl (C=O) groups is 1. The van der Waals surface area contributed by atoms with E-state index in [2.05, 4.69) is 31.0 Å². The number of nitrogens with zero attached hydrogens (tertiary/aromatic N) is 1. The Labute approximate surface area is 129 Å². The molecule has 1 saturated carbocycles. The molecule has 4 heteroatoms. The van der Waals surface area contributed by atoms with Gasteiger partial charge in [-0.05, 0) is 56.5 Å². The van der Waals surface area contributed by atoms with Crippen molar-refractivity contribution in [2.24, 2.45) is 11.3 Å². The Kier molecular flexibility index (Phi) is 4.99. The van der Waals surface area contributed by atoms with Crippen LogP contribution in [0.4, 0.5) is 0 Å². The fourth-order valence-corrected chi connectivity index (χ4v) is 4.15. The van der Waals surface area contributed by atoms with Crippen LogP contribution in [-0.2, 0) is 4.79 Å². The third-order valence-electron chi connectivity index (χ3n) is 5.61. The van der Waals surface area contributed by atoms with Crippen molar-refractivity contribution in [3.8, 4) is 0 Å². The van der Waals surface area contributed by atoms with Gasteiger partial charge in [0.2, 0.25) is 0 Å². The number of likely N-dealkylation sites (tertiary alicyclic amines) is 1. The summed E-state index contributed by atoms with van der Waals surface area (Å²) in [5.74, 6) is 0.0680. The smallest absolute Gasteiger partial charge is 0.323 e. The molecule has 2 fully saturated rings. The fourth-order valence-electron chi connectivity index (χ4n) is 4.15. The summed E-state index contributed by atoms with van der Waals surface area (Å²) in [6, 6.07) is 0.432. The highest BCUT2D eigenvalue weighted by Gasteiger charge is 2.45. The Morgan fingerprint density at radius 1 is 1.38 bits per heavy atom. The minimum Gasteiger partial charge on any atom is -0.480 e. The first kappa shape index (κ1) is 16.8. The molecule has 3 unspecified atom stereocenters. The molecule has 0 spiro atoms. The largest absolute Gasteiger partial charge is 0.480 e. The third kappa shape index (κ3) is 3.59. The lowest BCUT2D eigenvalue weighted by Gasteiger charge is -2.42. The van der Waals surface area contributed by atoms with Crippen LogP contribution >= 0.6 is 0 Å². The predicted molar refractivity (Wildman–Crippen MR) is 85.4 cm³/mol. The number of carboxylic acid groups (broad SMARTS) is 1. The number of rotatable bonds is 4. The minimum absolute atomic E-state index is 0.356. The number of hydrogen-bond acceptors (Lipinski definition) is 3. The van der Waals surface area contributed by atoms with Crippen molar-refractivity contribution in [2.45, 2.75) is 71.4 Å². The van der Waals surface area contributed by atoms with Gasteiger partial charge >= 0.3 is 5.97 Å². The van der Waals surface area contributed by atoms with Crippen LogP contribution in [-0.4, -0.2) is 47.2 Å². The van der Waals surface area contributed by atoms with Crippen LogP contribution in [0, 0.1) is 11.3 Å². The lowest BCUT2D eigenvalue weighted by Crippen LogP contribution is -2.58. The van der Waals surface area contributed by atoms with Crippen molar-refractivity contribution in [3.05, 3.63) is 0 Å². The molecule has 2 aliphatic rings. The molecule has 122 valence electrons. The second kappa shape index (κ2) is 6.25. The standard InChI is InChI=1S/C17H32N2O2/c1-5-18-17(15(20)21)9-6-7-14(11-17)19-10-8-13(12-19)16(2,3)4/h13-14,18H,5-12H2,1-4H3,(H,20,21). The molecule has 0 aromatic heterocycles. The Morgan fingerprint density at radius 2 is 2.10 bits per heavy atom. The summed E-state index contributed by atoms with van der Waals surface area (Å²) < 4.78 is 0. The van der Waals surface area contributed by atoms with E-state index in [1.165, 1.54) is 6.42 Å². The highest BCUT2D eigenvalue weighted by Crippen LogP contribution is 2.38. The van der Waals surface area contributed by atoms with E-state index in [4.69, 9.17) is 0 Å². The lowest BCUT2D eigenvalue weighted by molar-refractivity contribution is -0.147. The molecule has 2 N–H and O–H groups in total. The molecule has 0 aromatic rings. The summed E-state index contributed by atoms with van der Waals surface area (Å²) in [6.07, 6.45) is 4.94. The van der Waals surface area contributed by atoms with Gasteiger partial charge in [-0.1, -0.05) is 27.7 Å². The molecular formula is C17H32N2O2. The quantitative estimate of drug-likeness (QED) is 0.837. The zero-order chi connectivity index (χ0) is 15.7. The number of aliphatic carboxylic acids is 1. The van der Waals surface area contributed by atoms with Gasteiger partial charge in [0.15, 0.2) is 0 Å². The maximum atomic E-state index is 11.8. The monoisotopic (exact) mass is 296 g/mol. The first-order chi connectivity index (χ1) is 9.78. The normalized spacial score (nSPS) is 35.0. The van der Waals surface area contributed by atoms with E-state index in [9.17, 15) is 9.90 Å². The summed E-state index contributed by atoms with van der Waals surface area (Å²) in [5, 5.41) is 12.9. The molecule has 1 heterocycles. The van der Waals surface area contributed by atoms with Crippen LogP contribution < -0.4 is 5.32 Å². The lowest BCUT2D eigenvalue weighted by atomic mass is 9.78. The van der Waals surface area contributed by atoms with Gasteiger partial charge < -0.3 is 10.4 Å². The SMILES string of the molecule is CCNC1(C(=O)O)CCCC(N2CCC(C(C)(C)C)C2)C1. The Morgan fingerprint density at radius 3 is 2.62 bits per heavy atom. The van der Waals surface area contributed by atoms with Crippen molar-refractivity contribution >= 4 is 5.97 Å². The zero-order valence-corrected chi connectivity index (χ0v) is 14.1. The van der Waals surface area contributed by atoms with Gasteiger partial charge in [0, 0.05) is 12.6 Å². The van der Waals surface area contributed by atoms with Crippen molar-refractivity contribution in [2.75, 3.05) is 19.6 Å². The van der Waals surface area contributed by atoms with Crippen LogP contribution in [0.2, 0.25) is 0 Å². The molecule has 1 aliphatic carbocycles. The topological polar surface area (TPSA) is 52.6 Å². The van der Waals surface area contributed by atoms with E-state index in [1.54, 1.807) is 0 Å². The molecule has 0 aromatic carbocycles. The van der Waals surface area contributed by atoms with Gasteiger partial charge in [-0.2, -0.15) is 0 Å². The minimum atomic E-state index is -0.697. The molecule has 21 heavy (non-hydrogen) atoms. The second-order valence-electron chi connectivity index (χ2n) is 8.01. The van der Waals surface area contributed by atoms with Crippen LogP contribution in [0.25, 0.3) is 0 Å². The molecule has 4 nitrogen and oxygen atoms in total. The third-order valence-corrected chi connectivity index (χ3v) is 5.61. The van der Waals surface area contributed by atoms with Gasteiger partial charge in [-0.3, -0.25) is 9.69 Å².